The first kappa shape index (κ1) is 19.0. The quantitative estimate of drug-likeness (QED) is 0.652. The molecular weight excluding hydrogens is 362 g/mol. The number of aromatic nitrogens is 1. The summed E-state index contributed by atoms with van der Waals surface area (Å²) in [5, 5.41) is 9.16. The van der Waals surface area contributed by atoms with Crippen molar-refractivity contribution in [2.24, 2.45) is 0 Å². The first-order valence-corrected chi connectivity index (χ1v) is 8.42. The maximum Gasteiger partial charge on any atom is 0.277 e. The molecule has 0 aliphatic carbocycles. The van der Waals surface area contributed by atoms with E-state index >= 15 is 0 Å². The molecule has 0 unspecified atom stereocenters. The molecule has 28 heavy (non-hydrogen) atoms. The van der Waals surface area contributed by atoms with Gasteiger partial charge in [-0.2, -0.15) is 0 Å². The summed E-state index contributed by atoms with van der Waals surface area (Å²) in [6, 6.07) is 15.1. The van der Waals surface area contributed by atoms with Crippen LogP contribution in [0.3, 0.4) is 0 Å². The minimum atomic E-state index is -0.415. The Balaban J connectivity index is 1.55. The van der Waals surface area contributed by atoms with E-state index in [-0.39, 0.29) is 18.1 Å². The minimum absolute atomic E-state index is 0.105. The van der Waals surface area contributed by atoms with Gasteiger partial charge in [-0.15, -0.1) is 0 Å². The van der Waals surface area contributed by atoms with E-state index in [4.69, 9.17) is 14.0 Å². The van der Waals surface area contributed by atoms with Crippen LogP contribution in [0.1, 0.15) is 26.6 Å². The Bertz CT molecular complexity index is 949. The number of benzene rings is 2. The summed E-state index contributed by atoms with van der Waals surface area (Å²) in [5.74, 6) is 1.03. The molecule has 0 aliphatic heterocycles. The van der Waals surface area contributed by atoms with Gasteiger partial charge in [-0.05, 0) is 48.5 Å². The SMILES string of the molecule is COc1ccc(NC(=O)c2cc(CNC(=O)c3ccc(OC)cc3)on2)cc1. The number of hydrogen-bond donors (Lipinski definition) is 2. The van der Waals surface area contributed by atoms with E-state index in [1.807, 2.05) is 0 Å². The van der Waals surface area contributed by atoms with Crippen LogP contribution >= 0.6 is 0 Å². The van der Waals surface area contributed by atoms with Crippen molar-refractivity contribution in [2.45, 2.75) is 6.54 Å². The largest absolute Gasteiger partial charge is 0.497 e. The molecule has 2 aromatic carbocycles. The summed E-state index contributed by atoms with van der Waals surface area (Å²) in [6.07, 6.45) is 0. The first-order valence-electron chi connectivity index (χ1n) is 8.42. The van der Waals surface area contributed by atoms with E-state index in [9.17, 15) is 9.59 Å². The number of hydrogen-bond acceptors (Lipinski definition) is 6. The number of methoxy groups -OCH3 is 2. The fourth-order valence-electron chi connectivity index (χ4n) is 2.38. The lowest BCUT2D eigenvalue weighted by atomic mass is 10.2. The molecule has 0 saturated carbocycles. The predicted molar refractivity (Wildman–Crippen MR) is 102 cm³/mol. The zero-order valence-electron chi connectivity index (χ0n) is 15.4. The van der Waals surface area contributed by atoms with Gasteiger partial charge in [0.2, 0.25) is 0 Å². The molecule has 2 amide bonds. The predicted octanol–water partition coefficient (Wildman–Crippen LogP) is 2.87. The first-order chi connectivity index (χ1) is 13.6. The van der Waals surface area contributed by atoms with Crippen LogP contribution in [-0.2, 0) is 6.54 Å². The summed E-state index contributed by atoms with van der Waals surface area (Å²) in [6.45, 7) is 0.105. The highest BCUT2D eigenvalue weighted by molar-refractivity contribution is 6.02. The average molecular weight is 381 g/mol. The number of ether oxygens (including phenoxy) is 2. The molecule has 0 bridgehead atoms. The Hall–Kier alpha value is -3.81. The van der Waals surface area contributed by atoms with Gasteiger partial charge >= 0.3 is 0 Å². The number of nitrogens with zero attached hydrogens (tertiary/aromatic N) is 1. The molecule has 0 aliphatic rings. The standard InChI is InChI=1S/C20H19N3O5/c1-26-15-7-3-13(4-8-15)19(24)21-12-17-11-18(23-28-17)20(25)22-14-5-9-16(27-2)10-6-14/h3-11H,12H2,1-2H3,(H,21,24)(H,22,25). The third kappa shape index (κ3) is 4.67. The third-order valence-corrected chi connectivity index (χ3v) is 3.91. The van der Waals surface area contributed by atoms with Gasteiger partial charge in [0.25, 0.3) is 11.8 Å². The van der Waals surface area contributed by atoms with Gasteiger partial charge < -0.3 is 24.6 Å². The van der Waals surface area contributed by atoms with Crippen LogP contribution in [0.25, 0.3) is 0 Å². The number of amides is 2. The molecule has 8 heteroatoms. The van der Waals surface area contributed by atoms with Crippen LogP contribution in [0.5, 0.6) is 11.5 Å². The van der Waals surface area contributed by atoms with Crippen LogP contribution in [0.2, 0.25) is 0 Å². The van der Waals surface area contributed by atoms with Crippen molar-refractivity contribution in [1.82, 2.24) is 10.5 Å². The van der Waals surface area contributed by atoms with E-state index in [1.165, 1.54) is 6.07 Å². The summed E-state index contributed by atoms with van der Waals surface area (Å²) >= 11 is 0. The number of carbonyl (C=O) groups excluding carboxylic acids is 2. The monoisotopic (exact) mass is 381 g/mol. The van der Waals surface area contributed by atoms with Gasteiger partial charge in [0.05, 0.1) is 20.8 Å². The normalized spacial score (nSPS) is 10.2. The van der Waals surface area contributed by atoms with Crippen molar-refractivity contribution in [2.75, 3.05) is 19.5 Å². The van der Waals surface area contributed by atoms with Gasteiger partial charge in [-0.25, -0.2) is 0 Å². The molecule has 0 radical (unpaired) electrons. The van der Waals surface area contributed by atoms with Crippen molar-refractivity contribution in [1.29, 1.82) is 0 Å². The Morgan fingerprint density at radius 2 is 1.54 bits per heavy atom. The molecule has 3 aromatic rings. The van der Waals surface area contributed by atoms with Crippen molar-refractivity contribution in [3.63, 3.8) is 0 Å². The molecule has 0 fully saturated rings. The van der Waals surface area contributed by atoms with Gasteiger partial charge in [0.1, 0.15) is 11.5 Å². The maximum atomic E-state index is 12.2. The lowest BCUT2D eigenvalue weighted by molar-refractivity contribution is 0.0945. The highest BCUT2D eigenvalue weighted by Crippen LogP contribution is 2.16. The third-order valence-electron chi connectivity index (χ3n) is 3.91. The van der Waals surface area contributed by atoms with E-state index < -0.39 is 5.91 Å². The Labute approximate surface area is 161 Å². The van der Waals surface area contributed by atoms with Gasteiger partial charge in [0.15, 0.2) is 11.5 Å². The molecular formula is C20H19N3O5. The number of rotatable bonds is 7. The Morgan fingerprint density at radius 3 is 2.14 bits per heavy atom. The second-order valence-corrected chi connectivity index (χ2v) is 5.77. The smallest absolute Gasteiger partial charge is 0.277 e. The van der Waals surface area contributed by atoms with E-state index in [1.54, 1.807) is 62.8 Å². The number of nitrogens with one attached hydrogen (secondary N) is 2. The van der Waals surface area contributed by atoms with Crippen molar-refractivity contribution >= 4 is 17.5 Å². The zero-order chi connectivity index (χ0) is 19.9. The molecule has 0 saturated heterocycles. The van der Waals surface area contributed by atoms with E-state index in [2.05, 4.69) is 15.8 Å². The number of carbonyl (C=O) groups is 2. The zero-order valence-corrected chi connectivity index (χ0v) is 15.4. The Morgan fingerprint density at radius 1 is 0.929 bits per heavy atom. The average Bonchev–Trinajstić information content (AvgIpc) is 3.22. The molecule has 1 aromatic heterocycles. The maximum absolute atomic E-state index is 12.2. The van der Waals surface area contributed by atoms with Crippen LogP contribution < -0.4 is 20.1 Å². The molecule has 1 heterocycles. The highest BCUT2D eigenvalue weighted by Gasteiger charge is 2.14. The van der Waals surface area contributed by atoms with Crippen LogP contribution in [0.4, 0.5) is 5.69 Å². The molecule has 0 atom stereocenters. The van der Waals surface area contributed by atoms with E-state index in [0.29, 0.717) is 28.5 Å². The highest BCUT2D eigenvalue weighted by atomic mass is 16.5. The van der Waals surface area contributed by atoms with Gasteiger partial charge in [-0.3, -0.25) is 9.59 Å². The molecule has 8 nitrogen and oxygen atoms in total. The second kappa shape index (κ2) is 8.72. The van der Waals surface area contributed by atoms with Crippen LogP contribution in [0.15, 0.2) is 59.1 Å². The van der Waals surface area contributed by atoms with Crippen molar-refractivity contribution < 1.29 is 23.6 Å². The second-order valence-electron chi connectivity index (χ2n) is 5.77. The van der Waals surface area contributed by atoms with Crippen molar-refractivity contribution in [3.8, 4) is 11.5 Å². The fourth-order valence-corrected chi connectivity index (χ4v) is 2.38. The summed E-state index contributed by atoms with van der Waals surface area (Å²) in [5.41, 5.74) is 1.20. The lowest BCUT2D eigenvalue weighted by Gasteiger charge is -2.04. The summed E-state index contributed by atoms with van der Waals surface area (Å²) in [7, 11) is 3.12. The Kier molecular flexibility index (Phi) is 5.91. The fraction of sp³-hybridized carbons (Fsp3) is 0.150. The number of anilines is 1. The minimum Gasteiger partial charge on any atom is -0.497 e. The molecule has 3 rings (SSSR count). The van der Waals surface area contributed by atoms with Gasteiger partial charge in [-0.1, -0.05) is 5.16 Å². The molecule has 144 valence electrons. The van der Waals surface area contributed by atoms with Crippen LogP contribution in [0, 0.1) is 0 Å². The van der Waals surface area contributed by atoms with E-state index in [0.717, 1.165) is 0 Å². The summed E-state index contributed by atoms with van der Waals surface area (Å²) < 4.78 is 15.2. The van der Waals surface area contributed by atoms with Gasteiger partial charge in [0, 0.05) is 17.3 Å². The molecule has 0 spiro atoms. The lowest BCUT2D eigenvalue weighted by Crippen LogP contribution is -2.22. The van der Waals surface area contributed by atoms with Crippen LogP contribution in [-0.4, -0.2) is 31.2 Å². The summed E-state index contributed by atoms with van der Waals surface area (Å²) in [4.78, 5) is 24.4. The molecule has 2 N–H and O–H groups in total. The van der Waals surface area contributed by atoms with Crippen molar-refractivity contribution in [3.05, 3.63) is 71.6 Å². The topological polar surface area (TPSA) is 103 Å².